The second-order valence-corrected chi connectivity index (χ2v) is 7.31. The summed E-state index contributed by atoms with van der Waals surface area (Å²) >= 11 is 6.22. The quantitative estimate of drug-likeness (QED) is 0.362. The highest BCUT2D eigenvalue weighted by Gasteiger charge is 2.16. The summed E-state index contributed by atoms with van der Waals surface area (Å²) in [6.07, 6.45) is 0.787. The predicted molar refractivity (Wildman–Crippen MR) is 122 cm³/mol. The molecular weight excluding hydrogens is 406 g/mol. The Labute approximate surface area is 181 Å². The van der Waals surface area contributed by atoms with Gasteiger partial charge in [0.2, 0.25) is 0 Å². The lowest BCUT2D eigenvalue weighted by Crippen LogP contribution is -2.25. The van der Waals surface area contributed by atoms with Crippen molar-refractivity contribution in [2.75, 3.05) is 11.9 Å². The first kappa shape index (κ1) is 23.4. The lowest BCUT2D eigenvalue weighted by Gasteiger charge is -2.18. The predicted octanol–water partition coefficient (Wildman–Crippen LogP) is 5.85. The highest BCUT2D eigenvalue weighted by molar-refractivity contribution is 6.31. The first-order valence-corrected chi connectivity index (χ1v) is 10.0. The van der Waals surface area contributed by atoms with Crippen molar-refractivity contribution in [2.24, 2.45) is 10.7 Å². The first-order chi connectivity index (χ1) is 14.2. The van der Waals surface area contributed by atoms with Crippen LogP contribution in [0.3, 0.4) is 0 Å². The van der Waals surface area contributed by atoms with E-state index in [4.69, 9.17) is 17.3 Å². The highest BCUT2D eigenvalue weighted by atomic mass is 35.5. The SMILES string of the molecule is C=C(NC(=NCc1ccccc1Cl)/C(C)=C(/C)N)c1cc(F)cc(F)c1NCCC. The van der Waals surface area contributed by atoms with Crippen LogP contribution in [0.15, 0.2) is 59.2 Å². The van der Waals surface area contributed by atoms with Crippen LogP contribution >= 0.6 is 11.6 Å². The summed E-state index contributed by atoms with van der Waals surface area (Å²) in [4.78, 5) is 4.59. The van der Waals surface area contributed by atoms with E-state index in [9.17, 15) is 8.78 Å². The summed E-state index contributed by atoms with van der Waals surface area (Å²) < 4.78 is 28.3. The van der Waals surface area contributed by atoms with Gasteiger partial charge in [0.15, 0.2) is 0 Å². The molecule has 30 heavy (non-hydrogen) atoms. The van der Waals surface area contributed by atoms with E-state index in [1.165, 1.54) is 6.07 Å². The van der Waals surface area contributed by atoms with E-state index in [0.29, 0.717) is 40.9 Å². The Morgan fingerprint density at radius 2 is 1.90 bits per heavy atom. The molecule has 4 nitrogen and oxygen atoms in total. The maximum atomic E-state index is 14.4. The zero-order chi connectivity index (χ0) is 22.3. The average molecular weight is 433 g/mol. The number of aliphatic imine (C=N–C) groups is 1. The second kappa shape index (κ2) is 10.8. The molecule has 0 radical (unpaired) electrons. The largest absolute Gasteiger partial charge is 0.402 e. The number of hydrogen-bond acceptors (Lipinski definition) is 3. The van der Waals surface area contributed by atoms with Gasteiger partial charge in [-0.1, -0.05) is 43.3 Å². The van der Waals surface area contributed by atoms with Crippen LogP contribution in [0.2, 0.25) is 5.02 Å². The molecule has 0 saturated heterocycles. The smallest absolute Gasteiger partial charge is 0.149 e. The van der Waals surface area contributed by atoms with Gasteiger partial charge in [-0.3, -0.25) is 4.99 Å². The second-order valence-electron chi connectivity index (χ2n) is 6.90. The minimum absolute atomic E-state index is 0.187. The number of nitrogens with two attached hydrogens (primary N) is 1. The highest BCUT2D eigenvalue weighted by Crippen LogP contribution is 2.27. The van der Waals surface area contributed by atoms with Gasteiger partial charge in [-0.15, -0.1) is 0 Å². The molecule has 2 rings (SSSR count). The minimum Gasteiger partial charge on any atom is -0.402 e. The van der Waals surface area contributed by atoms with Gasteiger partial charge < -0.3 is 16.4 Å². The van der Waals surface area contributed by atoms with Gasteiger partial charge in [0.25, 0.3) is 0 Å². The van der Waals surface area contributed by atoms with E-state index < -0.39 is 11.6 Å². The van der Waals surface area contributed by atoms with Gasteiger partial charge in [0.1, 0.15) is 17.5 Å². The van der Waals surface area contributed by atoms with Crippen LogP contribution in [0.4, 0.5) is 14.5 Å². The third-order valence-electron chi connectivity index (χ3n) is 4.51. The molecule has 0 spiro atoms. The molecule has 0 heterocycles. The van der Waals surface area contributed by atoms with Crippen molar-refractivity contribution in [1.29, 1.82) is 0 Å². The number of anilines is 1. The molecule has 0 saturated carbocycles. The van der Waals surface area contributed by atoms with Gasteiger partial charge in [0, 0.05) is 40.2 Å². The third kappa shape index (κ3) is 6.07. The van der Waals surface area contributed by atoms with Crippen LogP contribution in [0.1, 0.15) is 38.3 Å². The summed E-state index contributed by atoms with van der Waals surface area (Å²) in [5, 5.41) is 6.67. The van der Waals surface area contributed by atoms with Crippen molar-refractivity contribution in [3.63, 3.8) is 0 Å². The van der Waals surface area contributed by atoms with Crippen LogP contribution in [0, 0.1) is 11.6 Å². The Morgan fingerprint density at radius 1 is 1.20 bits per heavy atom. The molecule has 2 aromatic carbocycles. The fourth-order valence-corrected chi connectivity index (χ4v) is 2.88. The van der Waals surface area contributed by atoms with Crippen molar-refractivity contribution in [2.45, 2.75) is 33.7 Å². The van der Waals surface area contributed by atoms with Gasteiger partial charge >= 0.3 is 0 Å². The van der Waals surface area contributed by atoms with E-state index in [1.54, 1.807) is 13.0 Å². The Hall–Kier alpha value is -2.86. The van der Waals surface area contributed by atoms with Gasteiger partial charge in [-0.05, 0) is 38.0 Å². The number of amidine groups is 1. The molecule has 0 aliphatic rings. The van der Waals surface area contributed by atoms with E-state index in [0.717, 1.165) is 18.1 Å². The molecule has 0 unspecified atom stereocenters. The number of hydrogen-bond donors (Lipinski definition) is 3. The number of benzene rings is 2. The van der Waals surface area contributed by atoms with Crippen molar-refractivity contribution in [3.8, 4) is 0 Å². The lowest BCUT2D eigenvalue weighted by atomic mass is 10.1. The third-order valence-corrected chi connectivity index (χ3v) is 4.88. The molecule has 0 aromatic heterocycles. The van der Waals surface area contributed by atoms with Crippen LogP contribution in [-0.4, -0.2) is 12.4 Å². The molecule has 2 aromatic rings. The number of nitrogens with one attached hydrogen (secondary N) is 2. The molecule has 0 aliphatic carbocycles. The van der Waals surface area contributed by atoms with Crippen molar-refractivity contribution < 1.29 is 8.78 Å². The van der Waals surface area contributed by atoms with E-state index in [-0.39, 0.29) is 11.3 Å². The van der Waals surface area contributed by atoms with Crippen molar-refractivity contribution in [1.82, 2.24) is 5.32 Å². The molecular formula is C23H27ClF2N4. The van der Waals surface area contributed by atoms with Gasteiger partial charge in [-0.25, -0.2) is 8.78 Å². The molecule has 0 atom stereocenters. The minimum atomic E-state index is -0.690. The van der Waals surface area contributed by atoms with Crippen LogP contribution in [-0.2, 0) is 6.54 Å². The van der Waals surface area contributed by atoms with E-state index >= 15 is 0 Å². The molecule has 160 valence electrons. The topological polar surface area (TPSA) is 62.4 Å². The Balaban J connectivity index is 2.39. The van der Waals surface area contributed by atoms with Crippen LogP contribution in [0.5, 0.6) is 0 Å². The van der Waals surface area contributed by atoms with Gasteiger partial charge in [-0.2, -0.15) is 0 Å². The summed E-state index contributed by atoms with van der Waals surface area (Å²) in [5.74, 6) is -0.923. The molecule has 0 fully saturated rings. The Kier molecular flexibility index (Phi) is 8.42. The number of allylic oxidation sites excluding steroid dienone is 1. The lowest BCUT2D eigenvalue weighted by molar-refractivity contribution is 0.584. The molecule has 0 amide bonds. The molecule has 0 bridgehead atoms. The number of nitrogens with zero attached hydrogens (tertiary/aromatic N) is 1. The molecule has 0 aliphatic heterocycles. The summed E-state index contributed by atoms with van der Waals surface area (Å²) in [5.41, 5.74) is 8.83. The fraction of sp³-hybridized carbons (Fsp3) is 0.261. The summed E-state index contributed by atoms with van der Waals surface area (Å²) in [7, 11) is 0. The number of rotatable bonds is 8. The van der Waals surface area contributed by atoms with Gasteiger partial charge in [0.05, 0.1) is 12.2 Å². The zero-order valence-electron chi connectivity index (χ0n) is 17.5. The maximum absolute atomic E-state index is 14.4. The number of halogens is 3. The summed E-state index contributed by atoms with van der Waals surface area (Å²) in [6, 6.07) is 9.46. The van der Waals surface area contributed by atoms with Crippen LogP contribution in [0.25, 0.3) is 5.70 Å². The summed E-state index contributed by atoms with van der Waals surface area (Å²) in [6.45, 7) is 10.3. The molecule has 7 heteroatoms. The van der Waals surface area contributed by atoms with Crippen LogP contribution < -0.4 is 16.4 Å². The van der Waals surface area contributed by atoms with Crippen molar-refractivity contribution in [3.05, 3.63) is 82.0 Å². The average Bonchev–Trinajstić information content (AvgIpc) is 2.70. The Morgan fingerprint density at radius 3 is 2.53 bits per heavy atom. The van der Waals surface area contributed by atoms with Crippen molar-refractivity contribution >= 4 is 28.8 Å². The fourth-order valence-electron chi connectivity index (χ4n) is 2.68. The standard InChI is InChI=1S/C23H27ClF2N4/c1-5-10-28-22-19(11-18(25)12-21(22)26)16(4)30-23(14(2)15(3)27)29-13-17-8-6-7-9-20(17)24/h6-9,11-12,28H,4-5,10,13,27H2,1-3H3,(H,29,30)/b15-14-. The monoisotopic (exact) mass is 432 g/mol. The zero-order valence-corrected chi connectivity index (χ0v) is 18.2. The molecule has 4 N–H and O–H groups in total. The first-order valence-electron chi connectivity index (χ1n) is 9.65. The Bertz CT molecular complexity index is 979. The maximum Gasteiger partial charge on any atom is 0.149 e. The normalized spacial score (nSPS) is 12.4. The van der Waals surface area contributed by atoms with E-state index in [2.05, 4.69) is 22.2 Å². The van der Waals surface area contributed by atoms with E-state index in [1.807, 2.05) is 32.0 Å².